The van der Waals surface area contributed by atoms with Crippen LogP contribution in [0.5, 0.6) is 0 Å². The molecule has 1 N–H and O–H groups in total. The first-order valence-corrected chi connectivity index (χ1v) is 9.53. The SMILES string of the molecule is CCNC(=O)[C@H]1O[C@@H](OC)[C@H](OC(=O)c2ccccc2)[C@@H]1OC(=O)c1ccccc1. The minimum Gasteiger partial charge on any atom is -0.451 e. The zero-order valence-electron chi connectivity index (χ0n) is 16.6. The van der Waals surface area contributed by atoms with Gasteiger partial charge in [-0.25, -0.2) is 9.59 Å². The Bertz CT molecular complexity index is 872. The van der Waals surface area contributed by atoms with E-state index in [2.05, 4.69) is 5.32 Å². The van der Waals surface area contributed by atoms with Crippen LogP contribution < -0.4 is 5.32 Å². The number of methoxy groups -OCH3 is 1. The van der Waals surface area contributed by atoms with Crippen molar-refractivity contribution in [2.45, 2.75) is 31.5 Å². The number of amides is 1. The van der Waals surface area contributed by atoms with Crippen LogP contribution in [0.3, 0.4) is 0 Å². The van der Waals surface area contributed by atoms with Gasteiger partial charge in [-0.05, 0) is 31.2 Å². The zero-order valence-corrected chi connectivity index (χ0v) is 16.6. The van der Waals surface area contributed by atoms with Gasteiger partial charge in [-0.2, -0.15) is 0 Å². The molecule has 0 aromatic heterocycles. The number of carbonyl (C=O) groups excluding carboxylic acids is 3. The van der Waals surface area contributed by atoms with Crippen molar-refractivity contribution in [1.29, 1.82) is 0 Å². The first-order valence-electron chi connectivity index (χ1n) is 9.53. The van der Waals surface area contributed by atoms with Gasteiger partial charge in [0.1, 0.15) is 0 Å². The summed E-state index contributed by atoms with van der Waals surface area (Å²) in [5.41, 5.74) is 0.600. The van der Waals surface area contributed by atoms with Crippen LogP contribution in [-0.2, 0) is 23.7 Å². The van der Waals surface area contributed by atoms with Gasteiger partial charge in [0.15, 0.2) is 24.6 Å². The highest BCUT2D eigenvalue weighted by Crippen LogP contribution is 2.29. The van der Waals surface area contributed by atoms with E-state index in [4.69, 9.17) is 18.9 Å². The Morgan fingerprint density at radius 2 is 1.37 bits per heavy atom. The Morgan fingerprint density at radius 3 is 1.83 bits per heavy atom. The first-order chi connectivity index (χ1) is 14.5. The summed E-state index contributed by atoms with van der Waals surface area (Å²) in [6, 6.07) is 16.6. The molecule has 0 unspecified atom stereocenters. The monoisotopic (exact) mass is 413 g/mol. The molecule has 0 spiro atoms. The number of nitrogens with one attached hydrogen (secondary N) is 1. The molecule has 3 rings (SSSR count). The molecular weight excluding hydrogens is 390 g/mol. The summed E-state index contributed by atoms with van der Waals surface area (Å²) >= 11 is 0. The highest BCUT2D eigenvalue weighted by molar-refractivity contribution is 5.91. The molecule has 1 aliphatic heterocycles. The maximum atomic E-state index is 12.6. The number of likely N-dealkylation sites (N-methyl/N-ethyl adjacent to an activating group) is 1. The van der Waals surface area contributed by atoms with Gasteiger partial charge >= 0.3 is 11.9 Å². The molecule has 0 bridgehead atoms. The predicted molar refractivity (Wildman–Crippen MR) is 106 cm³/mol. The van der Waals surface area contributed by atoms with Crippen molar-refractivity contribution in [1.82, 2.24) is 5.32 Å². The Kier molecular flexibility index (Phi) is 7.16. The zero-order chi connectivity index (χ0) is 21.5. The average Bonchev–Trinajstić information content (AvgIpc) is 3.12. The van der Waals surface area contributed by atoms with Crippen molar-refractivity contribution in [3.05, 3.63) is 71.8 Å². The topological polar surface area (TPSA) is 100 Å². The molecule has 30 heavy (non-hydrogen) atoms. The lowest BCUT2D eigenvalue weighted by atomic mass is 10.1. The van der Waals surface area contributed by atoms with Crippen LogP contribution in [0.4, 0.5) is 0 Å². The quantitative estimate of drug-likeness (QED) is 0.693. The third-order valence-electron chi connectivity index (χ3n) is 4.52. The molecule has 1 aliphatic rings. The Balaban J connectivity index is 1.86. The Labute approximate surface area is 174 Å². The van der Waals surface area contributed by atoms with Gasteiger partial charge in [-0.15, -0.1) is 0 Å². The van der Waals surface area contributed by atoms with Crippen LogP contribution >= 0.6 is 0 Å². The second-order valence-electron chi connectivity index (χ2n) is 6.53. The number of esters is 2. The molecular formula is C22H23NO7. The summed E-state index contributed by atoms with van der Waals surface area (Å²) < 4.78 is 22.0. The fourth-order valence-corrected chi connectivity index (χ4v) is 3.09. The molecule has 0 aliphatic carbocycles. The number of hydrogen-bond donors (Lipinski definition) is 1. The lowest BCUT2D eigenvalue weighted by Crippen LogP contribution is -2.46. The summed E-state index contributed by atoms with van der Waals surface area (Å²) in [4.78, 5) is 37.7. The predicted octanol–water partition coefficient (Wildman–Crippen LogP) is 1.94. The summed E-state index contributed by atoms with van der Waals surface area (Å²) in [5, 5.41) is 2.63. The van der Waals surface area contributed by atoms with Crippen molar-refractivity contribution >= 4 is 17.8 Å². The highest BCUT2D eigenvalue weighted by Gasteiger charge is 2.53. The first kappa shape index (κ1) is 21.5. The van der Waals surface area contributed by atoms with E-state index in [1.807, 2.05) is 0 Å². The number of ether oxygens (including phenoxy) is 4. The smallest absolute Gasteiger partial charge is 0.338 e. The summed E-state index contributed by atoms with van der Waals surface area (Å²) in [5.74, 6) is -1.82. The van der Waals surface area contributed by atoms with Crippen LogP contribution in [0.1, 0.15) is 27.6 Å². The van der Waals surface area contributed by atoms with Gasteiger partial charge in [0.25, 0.3) is 5.91 Å². The summed E-state index contributed by atoms with van der Waals surface area (Å²) in [7, 11) is 1.35. The van der Waals surface area contributed by atoms with Crippen molar-refractivity contribution in [3.8, 4) is 0 Å². The van der Waals surface area contributed by atoms with E-state index >= 15 is 0 Å². The fourth-order valence-electron chi connectivity index (χ4n) is 3.09. The van der Waals surface area contributed by atoms with Gasteiger partial charge in [0.2, 0.25) is 0 Å². The fraction of sp³-hybridized carbons (Fsp3) is 0.318. The lowest BCUT2D eigenvalue weighted by molar-refractivity contribution is -0.161. The van der Waals surface area contributed by atoms with Crippen molar-refractivity contribution in [2.75, 3.05) is 13.7 Å². The van der Waals surface area contributed by atoms with E-state index in [9.17, 15) is 14.4 Å². The minimum absolute atomic E-state index is 0.293. The summed E-state index contributed by atoms with van der Waals surface area (Å²) in [6.07, 6.45) is -4.61. The van der Waals surface area contributed by atoms with E-state index in [1.165, 1.54) is 7.11 Å². The van der Waals surface area contributed by atoms with Gasteiger partial charge < -0.3 is 24.3 Å². The van der Waals surface area contributed by atoms with Gasteiger partial charge in [-0.1, -0.05) is 36.4 Å². The normalized spacial score (nSPS) is 22.9. The van der Waals surface area contributed by atoms with E-state index in [0.29, 0.717) is 17.7 Å². The highest BCUT2D eigenvalue weighted by atomic mass is 16.7. The molecule has 4 atom stereocenters. The van der Waals surface area contributed by atoms with E-state index in [1.54, 1.807) is 67.6 Å². The van der Waals surface area contributed by atoms with Crippen LogP contribution in [0.15, 0.2) is 60.7 Å². The molecule has 1 saturated heterocycles. The number of hydrogen-bond acceptors (Lipinski definition) is 7. The maximum Gasteiger partial charge on any atom is 0.338 e. The third kappa shape index (κ3) is 4.84. The average molecular weight is 413 g/mol. The molecule has 1 heterocycles. The molecule has 158 valence electrons. The minimum atomic E-state index is -1.20. The van der Waals surface area contributed by atoms with Crippen LogP contribution in [-0.4, -0.2) is 56.1 Å². The van der Waals surface area contributed by atoms with Gasteiger partial charge in [0, 0.05) is 13.7 Å². The molecule has 2 aromatic rings. The number of rotatable bonds is 7. The largest absolute Gasteiger partial charge is 0.451 e. The molecule has 0 saturated carbocycles. The van der Waals surface area contributed by atoms with Crippen LogP contribution in [0.2, 0.25) is 0 Å². The van der Waals surface area contributed by atoms with Crippen LogP contribution in [0.25, 0.3) is 0 Å². The Hall–Kier alpha value is -3.23. The molecule has 1 fully saturated rings. The molecule has 8 heteroatoms. The second kappa shape index (κ2) is 10.00. The number of benzene rings is 2. The van der Waals surface area contributed by atoms with E-state index in [-0.39, 0.29) is 0 Å². The van der Waals surface area contributed by atoms with Gasteiger partial charge in [-0.3, -0.25) is 4.79 Å². The lowest BCUT2D eigenvalue weighted by Gasteiger charge is -2.23. The molecule has 8 nitrogen and oxygen atoms in total. The molecule has 0 radical (unpaired) electrons. The number of carbonyl (C=O) groups is 3. The van der Waals surface area contributed by atoms with Crippen molar-refractivity contribution in [2.24, 2.45) is 0 Å². The maximum absolute atomic E-state index is 12.6. The molecule has 1 amide bonds. The van der Waals surface area contributed by atoms with E-state index in [0.717, 1.165) is 0 Å². The standard InChI is InChI=1S/C22H23NO7/c1-3-23-19(24)17-16(28-20(25)14-10-6-4-7-11-14)18(22(27-2)30-17)29-21(26)15-12-8-5-9-13-15/h4-13,16-18,22H,3H2,1-2H3,(H,23,24)/t16-,17+,18-,22-/m1/s1. The Morgan fingerprint density at radius 1 is 0.867 bits per heavy atom. The van der Waals surface area contributed by atoms with Gasteiger partial charge in [0.05, 0.1) is 11.1 Å². The van der Waals surface area contributed by atoms with Crippen molar-refractivity contribution in [3.63, 3.8) is 0 Å². The second-order valence-corrected chi connectivity index (χ2v) is 6.53. The van der Waals surface area contributed by atoms with Crippen LogP contribution in [0, 0.1) is 0 Å². The molecule has 2 aromatic carbocycles. The summed E-state index contributed by atoms with van der Waals surface area (Å²) in [6.45, 7) is 2.10. The third-order valence-corrected chi connectivity index (χ3v) is 4.52. The van der Waals surface area contributed by atoms with E-state index < -0.39 is 42.4 Å². The van der Waals surface area contributed by atoms with Crippen molar-refractivity contribution < 1.29 is 33.3 Å².